The summed E-state index contributed by atoms with van der Waals surface area (Å²) in [6, 6.07) is 5.76. The first-order valence-electron chi connectivity index (χ1n) is 9.76. The van der Waals surface area contributed by atoms with Crippen LogP contribution in [0.3, 0.4) is 0 Å². The Morgan fingerprint density at radius 1 is 1.25 bits per heavy atom. The minimum atomic E-state index is -0.242. The van der Waals surface area contributed by atoms with E-state index in [-0.39, 0.29) is 18.1 Å². The maximum atomic E-state index is 12.6. The van der Waals surface area contributed by atoms with Crippen LogP contribution in [-0.4, -0.2) is 47.2 Å². The monoisotopic (exact) mass is 387 g/mol. The second-order valence-electron chi connectivity index (χ2n) is 7.34. The molecular weight excluding hydrogens is 358 g/mol. The lowest BCUT2D eigenvalue weighted by atomic mass is 10.1. The molecule has 1 aliphatic rings. The highest BCUT2D eigenvalue weighted by atomic mass is 16.5. The summed E-state index contributed by atoms with van der Waals surface area (Å²) < 4.78 is 13.0. The maximum absolute atomic E-state index is 12.6. The van der Waals surface area contributed by atoms with Crippen LogP contribution in [0.4, 0.5) is 0 Å². The van der Waals surface area contributed by atoms with Crippen molar-refractivity contribution >= 4 is 5.91 Å². The minimum Gasteiger partial charge on any atom is -0.493 e. The van der Waals surface area contributed by atoms with Crippen LogP contribution in [0.25, 0.3) is 0 Å². The lowest BCUT2D eigenvalue weighted by molar-refractivity contribution is 0.0934. The summed E-state index contributed by atoms with van der Waals surface area (Å²) in [5.41, 5.74) is 1.25. The van der Waals surface area contributed by atoms with Crippen LogP contribution in [0.1, 0.15) is 61.7 Å². The Morgan fingerprint density at radius 2 is 2.00 bits per heavy atom. The van der Waals surface area contributed by atoms with E-state index in [4.69, 9.17) is 9.47 Å². The Kier molecular flexibility index (Phi) is 6.51. The van der Waals surface area contributed by atoms with Crippen molar-refractivity contribution in [2.75, 3.05) is 20.2 Å². The van der Waals surface area contributed by atoms with E-state index in [2.05, 4.69) is 20.9 Å². The number of rotatable bonds is 7. The number of carbonyl (C=O) groups is 1. The third-order valence-corrected chi connectivity index (χ3v) is 4.82. The zero-order chi connectivity index (χ0) is 20.1. The third kappa shape index (κ3) is 4.81. The first kappa shape index (κ1) is 20.1. The predicted octanol–water partition coefficient (Wildman–Crippen LogP) is 2.49. The molecule has 8 heteroatoms. The van der Waals surface area contributed by atoms with E-state index in [0.29, 0.717) is 23.2 Å². The number of hydrogen-bond donors (Lipinski definition) is 2. The fraction of sp³-hybridized carbons (Fsp3) is 0.550. The summed E-state index contributed by atoms with van der Waals surface area (Å²) in [6.07, 6.45) is 3.77. The van der Waals surface area contributed by atoms with Crippen LogP contribution in [0.15, 0.2) is 24.4 Å². The molecule has 1 atom stereocenters. The summed E-state index contributed by atoms with van der Waals surface area (Å²) in [7, 11) is 1.61. The van der Waals surface area contributed by atoms with Crippen molar-refractivity contribution in [2.24, 2.45) is 0 Å². The molecule has 8 nitrogen and oxygen atoms in total. The Balaban J connectivity index is 1.66. The van der Waals surface area contributed by atoms with Gasteiger partial charge in [-0.2, -0.15) is 0 Å². The average molecular weight is 387 g/mol. The number of piperidine rings is 1. The van der Waals surface area contributed by atoms with Gasteiger partial charge in [-0.3, -0.25) is 4.79 Å². The van der Waals surface area contributed by atoms with Gasteiger partial charge in [0.25, 0.3) is 5.91 Å². The van der Waals surface area contributed by atoms with Gasteiger partial charge in [-0.15, -0.1) is 5.10 Å². The normalized spacial score (nSPS) is 16.0. The minimum absolute atomic E-state index is 0.0550. The van der Waals surface area contributed by atoms with Crippen LogP contribution in [0.2, 0.25) is 0 Å². The molecule has 1 aromatic heterocycles. The van der Waals surface area contributed by atoms with Crippen LogP contribution >= 0.6 is 0 Å². The van der Waals surface area contributed by atoms with Gasteiger partial charge in [0.15, 0.2) is 17.2 Å². The highest BCUT2D eigenvalue weighted by molar-refractivity contribution is 5.92. The Morgan fingerprint density at radius 3 is 2.68 bits per heavy atom. The molecule has 1 saturated heterocycles. The number of nitrogens with one attached hydrogen (secondary N) is 2. The standard InChI is InChI=1S/C20H29N5O3/c1-13(2)28-18-6-5-15(11-19(18)27-4)14(3)22-20(26)17-12-25(24-23-17)16-7-9-21-10-8-16/h5-6,11-14,16,21H,7-10H2,1-4H3,(H,22,26). The van der Waals surface area contributed by atoms with Crippen molar-refractivity contribution in [2.45, 2.75) is 51.8 Å². The second kappa shape index (κ2) is 9.05. The molecule has 1 fully saturated rings. The molecule has 2 heterocycles. The molecule has 0 spiro atoms. The van der Waals surface area contributed by atoms with Gasteiger partial charge in [-0.25, -0.2) is 4.68 Å². The Hall–Kier alpha value is -2.61. The third-order valence-electron chi connectivity index (χ3n) is 4.82. The number of methoxy groups -OCH3 is 1. The van der Waals surface area contributed by atoms with Crippen molar-refractivity contribution in [3.63, 3.8) is 0 Å². The zero-order valence-corrected chi connectivity index (χ0v) is 16.9. The van der Waals surface area contributed by atoms with Gasteiger partial charge in [-0.1, -0.05) is 11.3 Å². The van der Waals surface area contributed by atoms with Gasteiger partial charge in [0.1, 0.15) is 0 Å². The topological polar surface area (TPSA) is 90.3 Å². The number of ether oxygens (including phenoxy) is 2. The van der Waals surface area contributed by atoms with Crippen molar-refractivity contribution < 1.29 is 14.3 Å². The summed E-state index contributed by atoms with van der Waals surface area (Å²) >= 11 is 0. The predicted molar refractivity (Wildman–Crippen MR) is 106 cm³/mol. The molecule has 2 aromatic rings. The highest BCUT2D eigenvalue weighted by Gasteiger charge is 2.20. The number of amides is 1. The Labute approximate surface area is 165 Å². The van der Waals surface area contributed by atoms with Crippen LogP contribution in [-0.2, 0) is 0 Å². The summed E-state index contributed by atoms with van der Waals surface area (Å²) in [4.78, 5) is 12.6. The van der Waals surface area contributed by atoms with Gasteiger partial charge in [0, 0.05) is 0 Å². The zero-order valence-electron chi connectivity index (χ0n) is 16.9. The van der Waals surface area contributed by atoms with Crippen LogP contribution in [0.5, 0.6) is 11.5 Å². The van der Waals surface area contributed by atoms with E-state index in [1.54, 1.807) is 13.3 Å². The highest BCUT2D eigenvalue weighted by Crippen LogP contribution is 2.31. The molecule has 1 unspecified atom stereocenters. The van der Waals surface area contributed by atoms with Gasteiger partial charge >= 0.3 is 0 Å². The molecule has 152 valence electrons. The molecule has 3 rings (SSSR count). The van der Waals surface area contributed by atoms with Gasteiger partial charge < -0.3 is 20.1 Å². The molecule has 1 aromatic carbocycles. The first-order valence-corrected chi connectivity index (χ1v) is 9.76. The number of hydrogen-bond acceptors (Lipinski definition) is 6. The molecule has 0 bridgehead atoms. The van der Waals surface area contributed by atoms with Crippen LogP contribution in [0, 0.1) is 0 Å². The Bertz CT molecular complexity index is 799. The van der Waals surface area contributed by atoms with Crippen molar-refractivity contribution in [3.8, 4) is 11.5 Å². The van der Waals surface area contributed by atoms with E-state index in [9.17, 15) is 4.79 Å². The largest absolute Gasteiger partial charge is 0.493 e. The first-order chi connectivity index (χ1) is 13.5. The SMILES string of the molecule is COc1cc(C(C)NC(=O)c2cn(C3CCNCC3)nn2)ccc1OC(C)C. The van der Waals surface area contributed by atoms with Crippen molar-refractivity contribution in [1.29, 1.82) is 0 Å². The number of nitrogens with zero attached hydrogens (tertiary/aromatic N) is 3. The van der Waals surface area contributed by atoms with E-state index < -0.39 is 0 Å². The fourth-order valence-corrected chi connectivity index (χ4v) is 3.29. The van der Waals surface area contributed by atoms with E-state index in [0.717, 1.165) is 31.5 Å². The smallest absolute Gasteiger partial charge is 0.273 e. The summed E-state index contributed by atoms with van der Waals surface area (Å²) in [6.45, 7) is 7.77. The second-order valence-corrected chi connectivity index (χ2v) is 7.34. The lowest BCUT2D eigenvalue weighted by Gasteiger charge is -2.22. The lowest BCUT2D eigenvalue weighted by Crippen LogP contribution is -2.29. The maximum Gasteiger partial charge on any atom is 0.273 e. The molecule has 1 aliphatic heterocycles. The van der Waals surface area contributed by atoms with Gasteiger partial charge in [-0.05, 0) is 64.4 Å². The van der Waals surface area contributed by atoms with Crippen molar-refractivity contribution in [3.05, 3.63) is 35.7 Å². The van der Waals surface area contributed by atoms with E-state index in [1.165, 1.54) is 0 Å². The molecule has 1 amide bonds. The summed E-state index contributed by atoms with van der Waals surface area (Å²) in [5, 5.41) is 14.5. The fourth-order valence-electron chi connectivity index (χ4n) is 3.29. The molecule has 0 aliphatic carbocycles. The molecular formula is C20H29N5O3. The molecule has 2 N–H and O–H groups in total. The van der Waals surface area contributed by atoms with E-state index in [1.807, 2.05) is 43.7 Å². The van der Waals surface area contributed by atoms with Crippen molar-refractivity contribution in [1.82, 2.24) is 25.6 Å². The van der Waals surface area contributed by atoms with Crippen LogP contribution < -0.4 is 20.1 Å². The number of benzene rings is 1. The van der Waals surface area contributed by atoms with E-state index >= 15 is 0 Å². The van der Waals surface area contributed by atoms with Gasteiger partial charge in [0.2, 0.25) is 0 Å². The molecule has 28 heavy (non-hydrogen) atoms. The average Bonchev–Trinajstić information content (AvgIpc) is 3.19. The molecule has 0 saturated carbocycles. The quantitative estimate of drug-likeness (QED) is 0.759. The summed E-state index contributed by atoms with van der Waals surface area (Å²) in [5.74, 6) is 1.09. The number of aromatic nitrogens is 3. The van der Waals surface area contributed by atoms with Gasteiger partial charge in [0.05, 0.1) is 31.5 Å². The number of carbonyl (C=O) groups excluding carboxylic acids is 1. The molecule has 0 radical (unpaired) electrons.